The third kappa shape index (κ3) is 6.05. The minimum atomic E-state index is -0.0551. The number of rotatable bonds is 6. The maximum atomic E-state index is 12.4. The second-order valence-electron chi connectivity index (χ2n) is 8.84. The van der Waals surface area contributed by atoms with Crippen LogP contribution in [0.1, 0.15) is 60.7 Å². The van der Waals surface area contributed by atoms with E-state index in [-0.39, 0.29) is 17.2 Å². The minimum Gasteiger partial charge on any atom is -0.349 e. The van der Waals surface area contributed by atoms with Crippen LogP contribution in [0.25, 0.3) is 6.08 Å². The Kier molecular flexibility index (Phi) is 6.21. The van der Waals surface area contributed by atoms with Crippen molar-refractivity contribution < 1.29 is 9.59 Å². The van der Waals surface area contributed by atoms with Crippen molar-refractivity contribution in [3.63, 3.8) is 0 Å². The zero-order chi connectivity index (χ0) is 21.0. The quantitative estimate of drug-likeness (QED) is 0.736. The molecule has 0 aliphatic heterocycles. The van der Waals surface area contributed by atoms with E-state index in [1.54, 1.807) is 18.0 Å². The fraction of sp³-hybridized carbons (Fsp3) is 0.360. The Balaban J connectivity index is 1.54. The summed E-state index contributed by atoms with van der Waals surface area (Å²) in [7, 11) is 1.78. The molecule has 0 bridgehead atoms. The molecule has 0 atom stereocenters. The molecular weight excluding hydrogens is 360 g/mol. The normalized spacial score (nSPS) is 14.1. The number of nitrogens with zero attached hydrogens (tertiary/aromatic N) is 1. The van der Waals surface area contributed by atoms with Crippen molar-refractivity contribution in [1.29, 1.82) is 0 Å². The Labute approximate surface area is 173 Å². The molecule has 1 aliphatic rings. The Hall–Kier alpha value is -2.88. The zero-order valence-corrected chi connectivity index (χ0v) is 17.7. The molecule has 3 rings (SSSR count). The molecule has 4 heteroatoms. The van der Waals surface area contributed by atoms with Crippen molar-refractivity contribution in [2.75, 3.05) is 7.05 Å². The summed E-state index contributed by atoms with van der Waals surface area (Å²) in [6.45, 7) is 7.05. The van der Waals surface area contributed by atoms with Crippen molar-refractivity contribution in [1.82, 2.24) is 10.2 Å². The van der Waals surface area contributed by atoms with E-state index in [2.05, 4.69) is 38.2 Å². The van der Waals surface area contributed by atoms with Crippen molar-refractivity contribution >= 4 is 17.9 Å². The molecule has 0 spiro atoms. The summed E-state index contributed by atoms with van der Waals surface area (Å²) in [5, 5.41) is 2.98. The van der Waals surface area contributed by atoms with Crippen molar-refractivity contribution in [3.05, 3.63) is 76.9 Å². The fourth-order valence-corrected chi connectivity index (χ4v) is 3.00. The number of carbonyl (C=O) groups excluding carboxylic acids is 2. The molecule has 1 N–H and O–H groups in total. The number of likely N-dealkylation sites (N-methyl/N-ethyl adjacent to an activating group) is 1. The number of benzene rings is 2. The Morgan fingerprint density at radius 1 is 1.03 bits per heavy atom. The van der Waals surface area contributed by atoms with Gasteiger partial charge in [0.1, 0.15) is 0 Å². The van der Waals surface area contributed by atoms with Gasteiger partial charge in [-0.15, -0.1) is 0 Å². The number of carbonyl (C=O) groups is 2. The molecule has 2 aromatic carbocycles. The summed E-state index contributed by atoms with van der Waals surface area (Å²) >= 11 is 0. The highest BCUT2D eigenvalue weighted by molar-refractivity contribution is 5.94. The first-order valence-corrected chi connectivity index (χ1v) is 10.2. The van der Waals surface area contributed by atoms with E-state index >= 15 is 0 Å². The van der Waals surface area contributed by atoms with Crippen molar-refractivity contribution in [3.8, 4) is 0 Å². The Morgan fingerprint density at radius 2 is 1.66 bits per heavy atom. The summed E-state index contributed by atoms with van der Waals surface area (Å²) in [6, 6.07) is 16.1. The minimum absolute atomic E-state index is 0.0242. The van der Waals surface area contributed by atoms with Crippen LogP contribution in [-0.2, 0) is 16.8 Å². The van der Waals surface area contributed by atoms with Crippen LogP contribution in [0.3, 0.4) is 0 Å². The number of hydrogen-bond donors (Lipinski definition) is 1. The average molecular weight is 391 g/mol. The van der Waals surface area contributed by atoms with Gasteiger partial charge in [-0.25, -0.2) is 0 Å². The van der Waals surface area contributed by atoms with Crippen LogP contribution in [0.4, 0.5) is 0 Å². The number of amides is 2. The van der Waals surface area contributed by atoms with Crippen LogP contribution in [0.15, 0.2) is 54.6 Å². The van der Waals surface area contributed by atoms with Gasteiger partial charge < -0.3 is 10.2 Å². The third-order valence-corrected chi connectivity index (χ3v) is 5.12. The van der Waals surface area contributed by atoms with Crippen LogP contribution in [0.2, 0.25) is 0 Å². The van der Waals surface area contributed by atoms with Gasteiger partial charge in [0.2, 0.25) is 5.91 Å². The van der Waals surface area contributed by atoms with Gasteiger partial charge in [-0.05, 0) is 53.2 Å². The summed E-state index contributed by atoms with van der Waals surface area (Å²) in [5.74, 6) is -0.0793. The molecule has 4 nitrogen and oxygen atoms in total. The second kappa shape index (κ2) is 8.64. The van der Waals surface area contributed by atoms with Gasteiger partial charge in [0, 0.05) is 31.3 Å². The molecule has 1 aliphatic carbocycles. The van der Waals surface area contributed by atoms with Crippen molar-refractivity contribution in [2.24, 2.45) is 0 Å². The maximum Gasteiger partial charge on any atom is 0.251 e. The molecule has 29 heavy (non-hydrogen) atoms. The molecule has 0 heterocycles. The topological polar surface area (TPSA) is 49.4 Å². The summed E-state index contributed by atoms with van der Waals surface area (Å²) in [4.78, 5) is 26.1. The van der Waals surface area contributed by atoms with E-state index in [4.69, 9.17) is 0 Å². The predicted octanol–water partition coefficient (Wildman–Crippen LogP) is 4.55. The van der Waals surface area contributed by atoms with Gasteiger partial charge in [0.05, 0.1) is 0 Å². The SMILES string of the molecule is CN(Cc1ccc(C(=O)NC2CC2)cc1)C(=O)/C=C/c1ccc(C(C)(C)C)cc1. The van der Waals surface area contributed by atoms with Crippen molar-refractivity contribution in [2.45, 2.75) is 51.6 Å². The van der Waals surface area contributed by atoms with Crippen LogP contribution in [0.5, 0.6) is 0 Å². The lowest BCUT2D eigenvalue weighted by molar-refractivity contribution is -0.125. The van der Waals surface area contributed by atoms with Crippen LogP contribution >= 0.6 is 0 Å². The van der Waals surface area contributed by atoms with Gasteiger partial charge in [-0.3, -0.25) is 9.59 Å². The van der Waals surface area contributed by atoms with E-state index in [9.17, 15) is 9.59 Å². The molecule has 0 saturated heterocycles. The highest BCUT2D eigenvalue weighted by atomic mass is 16.2. The largest absolute Gasteiger partial charge is 0.349 e. The molecule has 1 saturated carbocycles. The molecule has 2 amide bonds. The Bertz CT molecular complexity index is 886. The van der Waals surface area contributed by atoms with Gasteiger partial charge in [0.15, 0.2) is 0 Å². The molecule has 2 aromatic rings. The monoisotopic (exact) mass is 390 g/mol. The summed E-state index contributed by atoms with van der Waals surface area (Å²) < 4.78 is 0. The number of hydrogen-bond acceptors (Lipinski definition) is 2. The Morgan fingerprint density at radius 3 is 2.21 bits per heavy atom. The van der Waals surface area contributed by atoms with E-state index in [0.717, 1.165) is 24.0 Å². The van der Waals surface area contributed by atoms with Gasteiger partial charge in [-0.2, -0.15) is 0 Å². The molecule has 152 valence electrons. The summed E-state index contributed by atoms with van der Waals surface area (Å²) in [6.07, 6.45) is 5.59. The smallest absolute Gasteiger partial charge is 0.251 e. The highest BCUT2D eigenvalue weighted by Gasteiger charge is 2.23. The first-order valence-electron chi connectivity index (χ1n) is 10.2. The van der Waals surface area contributed by atoms with E-state index in [1.807, 2.05) is 42.5 Å². The van der Waals surface area contributed by atoms with Gasteiger partial charge >= 0.3 is 0 Å². The molecule has 0 aromatic heterocycles. The van der Waals surface area contributed by atoms with Crippen LogP contribution in [0, 0.1) is 0 Å². The predicted molar refractivity (Wildman–Crippen MR) is 118 cm³/mol. The zero-order valence-electron chi connectivity index (χ0n) is 17.7. The van der Waals surface area contributed by atoms with Crippen LogP contribution in [-0.4, -0.2) is 29.8 Å². The molecule has 0 radical (unpaired) electrons. The van der Waals surface area contributed by atoms with Crippen LogP contribution < -0.4 is 5.32 Å². The lowest BCUT2D eigenvalue weighted by Crippen LogP contribution is -2.26. The maximum absolute atomic E-state index is 12.4. The second-order valence-corrected chi connectivity index (χ2v) is 8.84. The van der Waals surface area contributed by atoms with E-state index < -0.39 is 0 Å². The van der Waals surface area contributed by atoms with Gasteiger partial charge in [-0.1, -0.05) is 57.2 Å². The fourth-order valence-electron chi connectivity index (χ4n) is 3.00. The first-order chi connectivity index (χ1) is 13.7. The molecule has 1 fully saturated rings. The average Bonchev–Trinajstić information content (AvgIpc) is 3.50. The molecular formula is C25H30N2O2. The van der Waals surface area contributed by atoms with E-state index in [0.29, 0.717) is 18.2 Å². The lowest BCUT2D eigenvalue weighted by Gasteiger charge is -2.18. The standard InChI is InChI=1S/C25H30N2O2/c1-25(2,3)21-12-7-18(8-13-21)9-16-23(28)27(4)17-19-5-10-20(11-6-19)24(29)26-22-14-15-22/h5-13,16,22H,14-15,17H2,1-4H3,(H,26,29)/b16-9+. The lowest BCUT2D eigenvalue weighted by atomic mass is 9.87. The number of nitrogens with one attached hydrogen (secondary N) is 1. The first kappa shape index (κ1) is 20.8. The molecule has 0 unspecified atom stereocenters. The van der Waals surface area contributed by atoms with Gasteiger partial charge in [0.25, 0.3) is 5.91 Å². The summed E-state index contributed by atoms with van der Waals surface area (Å²) in [5.41, 5.74) is 4.05. The third-order valence-electron chi connectivity index (χ3n) is 5.12. The van der Waals surface area contributed by atoms with E-state index in [1.165, 1.54) is 5.56 Å². The highest BCUT2D eigenvalue weighted by Crippen LogP contribution is 2.22.